The summed E-state index contributed by atoms with van der Waals surface area (Å²) in [4.78, 5) is 28.7. The number of hydrogen-bond acceptors (Lipinski definition) is 5. The van der Waals surface area contributed by atoms with Crippen LogP contribution in [-0.4, -0.2) is 34.8 Å². The van der Waals surface area contributed by atoms with Crippen LogP contribution in [0.3, 0.4) is 0 Å². The maximum atomic E-state index is 12.5. The van der Waals surface area contributed by atoms with Crippen LogP contribution in [0, 0.1) is 13.8 Å². The molecular weight excluding hydrogens is 342 g/mol. The fraction of sp³-hybridized carbons (Fsp3) is 0.471. The lowest BCUT2D eigenvalue weighted by Crippen LogP contribution is -2.43. The van der Waals surface area contributed by atoms with Gasteiger partial charge in [-0.15, -0.1) is 0 Å². The summed E-state index contributed by atoms with van der Waals surface area (Å²) in [6.07, 6.45) is 2.94. The zero-order valence-electron chi connectivity index (χ0n) is 14.4. The van der Waals surface area contributed by atoms with Gasteiger partial charge >= 0.3 is 0 Å². The standard InChI is InChI=1S/C17H23N3O2S2/c1-5-14(21)18-12(6-7-23-4)16(22)20-17-19-15-11(3)8-10(2)9-13(15)24-17/h8-9,12H,5-7H2,1-4H3,(H,18,21)(H,19,20,22). The van der Waals surface area contributed by atoms with E-state index in [1.54, 1.807) is 18.7 Å². The molecule has 2 amide bonds. The second kappa shape index (κ2) is 8.48. The Balaban J connectivity index is 2.16. The van der Waals surface area contributed by atoms with Crippen LogP contribution in [0.5, 0.6) is 0 Å². The first-order chi connectivity index (χ1) is 11.4. The Morgan fingerprint density at radius 3 is 2.75 bits per heavy atom. The summed E-state index contributed by atoms with van der Waals surface area (Å²) < 4.78 is 1.06. The van der Waals surface area contributed by atoms with Crippen LogP contribution < -0.4 is 10.6 Å². The number of rotatable bonds is 7. The quantitative estimate of drug-likeness (QED) is 0.788. The highest BCUT2D eigenvalue weighted by atomic mass is 32.2. The number of amides is 2. The predicted octanol–water partition coefficient (Wildman–Crippen LogP) is 3.50. The number of carbonyl (C=O) groups is 2. The summed E-state index contributed by atoms with van der Waals surface area (Å²) in [7, 11) is 0. The molecule has 2 N–H and O–H groups in total. The summed E-state index contributed by atoms with van der Waals surface area (Å²) in [6.45, 7) is 5.84. The Morgan fingerprint density at radius 2 is 2.08 bits per heavy atom. The second-order valence-corrected chi connectivity index (χ2v) is 7.71. The Bertz CT molecular complexity index is 743. The van der Waals surface area contributed by atoms with E-state index in [4.69, 9.17) is 0 Å². The van der Waals surface area contributed by atoms with E-state index >= 15 is 0 Å². The molecule has 7 heteroatoms. The molecule has 24 heavy (non-hydrogen) atoms. The van der Waals surface area contributed by atoms with Crippen molar-refractivity contribution in [2.24, 2.45) is 0 Å². The molecule has 0 aliphatic carbocycles. The number of benzene rings is 1. The van der Waals surface area contributed by atoms with E-state index in [9.17, 15) is 9.59 Å². The van der Waals surface area contributed by atoms with E-state index in [0.29, 0.717) is 18.0 Å². The molecule has 1 heterocycles. The van der Waals surface area contributed by atoms with Crippen LogP contribution in [0.4, 0.5) is 5.13 Å². The average molecular weight is 366 g/mol. The Hall–Kier alpha value is -1.60. The highest BCUT2D eigenvalue weighted by Crippen LogP contribution is 2.29. The van der Waals surface area contributed by atoms with Crippen LogP contribution >= 0.6 is 23.1 Å². The van der Waals surface area contributed by atoms with Crippen molar-refractivity contribution in [3.63, 3.8) is 0 Å². The minimum Gasteiger partial charge on any atom is -0.344 e. The molecule has 130 valence electrons. The van der Waals surface area contributed by atoms with Gasteiger partial charge in [-0.1, -0.05) is 24.3 Å². The SMILES string of the molecule is CCC(=O)NC(CCSC)C(=O)Nc1nc2c(C)cc(C)cc2s1. The number of carbonyl (C=O) groups excluding carboxylic acids is 2. The van der Waals surface area contributed by atoms with Gasteiger partial charge in [0, 0.05) is 6.42 Å². The van der Waals surface area contributed by atoms with Crippen LogP contribution in [0.1, 0.15) is 30.9 Å². The summed E-state index contributed by atoms with van der Waals surface area (Å²) in [5.74, 6) is 0.478. The van der Waals surface area contributed by atoms with E-state index < -0.39 is 6.04 Å². The van der Waals surface area contributed by atoms with E-state index in [1.807, 2.05) is 20.1 Å². The third-order valence-electron chi connectivity index (χ3n) is 3.64. The number of nitrogens with zero attached hydrogens (tertiary/aromatic N) is 1. The lowest BCUT2D eigenvalue weighted by atomic mass is 10.1. The number of aryl methyl sites for hydroxylation is 2. The maximum Gasteiger partial charge on any atom is 0.248 e. The minimum absolute atomic E-state index is 0.118. The molecule has 0 saturated carbocycles. The molecule has 1 aromatic heterocycles. The largest absolute Gasteiger partial charge is 0.344 e. The molecule has 0 spiro atoms. The monoisotopic (exact) mass is 365 g/mol. The van der Waals surface area contributed by atoms with Gasteiger partial charge in [0.1, 0.15) is 6.04 Å². The van der Waals surface area contributed by atoms with E-state index in [0.717, 1.165) is 21.5 Å². The number of anilines is 1. The molecule has 0 saturated heterocycles. The lowest BCUT2D eigenvalue weighted by Gasteiger charge is -2.16. The number of aromatic nitrogens is 1. The van der Waals surface area contributed by atoms with E-state index in [2.05, 4.69) is 27.8 Å². The predicted molar refractivity (Wildman–Crippen MR) is 103 cm³/mol. The fourth-order valence-electron chi connectivity index (χ4n) is 2.42. The number of thiazole rings is 1. The Labute approximate surface area is 150 Å². The Morgan fingerprint density at radius 1 is 1.33 bits per heavy atom. The van der Waals surface area contributed by atoms with Gasteiger partial charge in [0.25, 0.3) is 0 Å². The van der Waals surface area contributed by atoms with Gasteiger partial charge in [0.05, 0.1) is 10.2 Å². The molecule has 1 atom stereocenters. The maximum absolute atomic E-state index is 12.5. The van der Waals surface area contributed by atoms with Crippen molar-refractivity contribution in [1.82, 2.24) is 10.3 Å². The van der Waals surface area contributed by atoms with Gasteiger partial charge in [-0.3, -0.25) is 9.59 Å². The van der Waals surface area contributed by atoms with Crippen LogP contribution in [0.25, 0.3) is 10.2 Å². The fourth-order valence-corrected chi connectivity index (χ4v) is 3.93. The average Bonchev–Trinajstić information content (AvgIpc) is 2.93. The van der Waals surface area contributed by atoms with Crippen LogP contribution in [-0.2, 0) is 9.59 Å². The summed E-state index contributed by atoms with van der Waals surface area (Å²) >= 11 is 3.11. The number of thioether (sulfide) groups is 1. The van der Waals surface area contributed by atoms with Gasteiger partial charge in [-0.2, -0.15) is 11.8 Å². The highest BCUT2D eigenvalue weighted by Gasteiger charge is 2.21. The molecule has 2 aromatic rings. The molecular formula is C17H23N3O2S2. The van der Waals surface area contributed by atoms with Crippen molar-refractivity contribution in [2.45, 2.75) is 39.7 Å². The number of hydrogen-bond donors (Lipinski definition) is 2. The topological polar surface area (TPSA) is 71.1 Å². The normalized spacial score (nSPS) is 12.2. The smallest absolute Gasteiger partial charge is 0.248 e. The molecule has 5 nitrogen and oxygen atoms in total. The van der Waals surface area contributed by atoms with E-state index in [1.165, 1.54) is 16.9 Å². The van der Waals surface area contributed by atoms with Crippen LogP contribution in [0.2, 0.25) is 0 Å². The molecule has 0 fully saturated rings. The summed E-state index contributed by atoms with van der Waals surface area (Å²) in [6, 6.07) is 3.62. The van der Waals surface area contributed by atoms with Crippen molar-refractivity contribution in [3.05, 3.63) is 23.3 Å². The number of fused-ring (bicyclic) bond motifs is 1. The molecule has 2 rings (SSSR count). The third-order valence-corrected chi connectivity index (χ3v) is 5.21. The van der Waals surface area contributed by atoms with Gasteiger partial charge < -0.3 is 10.6 Å². The van der Waals surface area contributed by atoms with Gasteiger partial charge in [0.2, 0.25) is 11.8 Å². The second-order valence-electron chi connectivity index (χ2n) is 5.69. The van der Waals surface area contributed by atoms with Gasteiger partial charge in [0.15, 0.2) is 5.13 Å². The lowest BCUT2D eigenvalue weighted by molar-refractivity contribution is -0.126. The third kappa shape index (κ3) is 4.70. The molecule has 0 aliphatic rings. The molecule has 1 aromatic carbocycles. The zero-order valence-corrected chi connectivity index (χ0v) is 16.1. The number of nitrogens with one attached hydrogen (secondary N) is 2. The van der Waals surface area contributed by atoms with Gasteiger partial charge in [-0.05, 0) is 49.5 Å². The zero-order chi connectivity index (χ0) is 17.7. The van der Waals surface area contributed by atoms with Crippen molar-refractivity contribution >= 4 is 50.3 Å². The molecule has 1 unspecified atom stereocenters. The van der Waals surface area contributed by atoms with Crippen LogP contribution in [0.15, 0.2) is 12.1 Å². The minimum atomic E-state index is -0.528. The first-order valence-corrected chi connectivity index (χ1v) is 10.1. The van der Waals surface area contributed by atoms with Crippen molar-refractivity contribution in [3.8, 4) is 0 Å². The van der Waals surface area contributed by atoms with Crippen molar-refractivity contribution in [2.75, 3.05) is 17.3 Å². The first kappa shape index (κ1) is 18.7. The van der Waals surface area contributed by atoms with Crippen molar-refractivity contribution in [1.29, 1.82) is 0 Å². The molecule has 0 bridgehead atoms. The Kier molecular flexibility index (Phi) is 6.62. The molecule has 0 radical (unpaired) electrons. The van der Waals surface area contributed by atoms with Gasteiger partial charge in [-0.25, -0.2) is 4.98 Å². The summed E-state index contributed by atoms with van der Waals surface area (Å²) in [5, 5.41) is 6.22. The van der Waals surface area contributed by atoms with E-state index in [-0.39, 0.29) is 11.8 Å². The highest BCUT2D eigenvalue weighted by molar-refractivity contribution is 7.98. The van der Waals surface area contributed by atoms with Crippen molar-refractivity contribution < 1.29 is 9.59 Å². The molecule has 0 aliphatic heterocycles. The summed E-state index contributed by atoms with van der Waals surface area (Å²) in [5.41, 5.74) is 3.19. The first-order valence-electron chi connectivity index (χ1n) is 7.91.